The first-order valence-corrected chi connectivity index (χ1v) is 6.35. The first-order chi connectivity index (χ1) is 8.97. The number of carbonyl (C=O) groups excluding carboxylic acids is 1. The predicted octanol–water partition coefficient (Wildman–Crippen LogP) is 0.311. The molecule has 1 amide bonds. The van der Waals surface area contributed by atoms with E-state index >= 15 is 0 Å². The molecular weight excluding hydrogens is 262 g/mol. The van der Waals surface area contributed by atoms with Gasteiger partial charge in [0, 0.05) is 13.0 Å². The van der Waals surface area contributed by atoms with Crippen LogP contribution >= 0.6 is 12.2 Å². The average Bonchev–Trinajstić information content (AvgIpc) is 2.29. The second-order valence-electron chi connectivity index (χ2n) is 4.34. The second-order valence-corrected chi connectivity index (χ2v) is 4.86. The van der Waals surface area contributed by atoms with Gasteiger partial charge < -0.3 is 16.2 Å². The molecule has 0 spiro atoms. The summed E-state index contributed by atoms with van der Waals surface area (Å²) in [5.41, 5.74) is 11.6. The first-order valence-electron chi connectivity index (χ1n) is 5.94. The van der Waals surface area contributed by atoms with E-state index < -0.39 is 0 Å². The molecule has 5 nitrogen and oxygen atoms in total. The SMILES string of the molecule is CN(CCOc1ccc(CC(N)=S)cc1)CC(N)=O. The number of nitrogens with zero attached hydrogens (tertiary/aromatic N) is 1. The van der Waals surface area contributed by atoms with Gasteiger partial charge in [0.1, 0.15) is 12.4 Å². The van der Waals surface area contributed by atoms with Crippen LogP contribution in [-0.2, 0) is 11.2 Å². The smallest absolute Gasteiger partial charge is 0.231 e. The van der Waals surface area contributed by atoms with Crippen molar-refractivity contribution >= 4 is 23.1 Å². The minimum absolute atomic E-state index is 0.232. The van der Waals surface area contributed by atoms with Gasteiger partial charge in [-0.3, -0.25) is 9.69 Å². The Morgan fingerprint density at radius 3 is 2.47 bits per heavy atom. The van der Waals surface area contributed by atoms with Gasteiger partial charge >= 0.3 is 0 Å². The van der Waals surface area contributed by atoms with Crippen molar-refractivity contribution in [2.75, 3.05) is 26.7 Å². The van der Waals surface area contributed by atoms with E-state index in [2.05, 4.69) is 0 Å². The van der Waals surface area contributed by atoms with Crippen LogP contribution in [0, 0.1) is 0 Å². The number of likely N-dealkylation sites (N-methyl/N-ethyl adjacent to an activating group) is 1. The first kappa shape index (κ1) is 15.4. The summed E-state index contributed by atoms with van der Waals surface area (Å²) in [6.45, 7) is 1.37. The van der Waals surface area contributed by atoms with Crippen LogP contribution in [-0.4, -0.2) is 42.5 Å². The molecule has 1 aromatic rings. The highest BCUT2D eigenvalue weighted by Crippen LogP contribution is 2.12. The van der Waals surface area contributed by atoms with Crippen molar-refractivity contribution in [3.05, 3.63) is 29.8 Å². The van der Waals surface area contributed by atoms with E-state index in [0.717, 1.165) is 11.3 Å². The maximum Gasteiger partial charge on any atom is 0.231 e. The van der Waals surface area contributed by atoms with Crippen LogP contribution in [0.5, 0.6) is 5.75 Å². The number of amides is 1. The zero-order chi connectivity index (χ0) is 14.3. The van der Waals surface area contributed by atoms with Crippen LogP contribution < -0.4 is 16.2 Å². The lowest BCUT2D eigenvalue weighted by Crippen LogP contribution is -2.33. The summed E-state index contributed by atoms with van der Waals surface area (Å²) >= 11 is 4.85. The van der Waals surface area contributed by atoms with Gasteiger partial charge in [-0.15, -0.1) is 0 Å². The van der Waals surface area contributed by atoms with E-state index in [9.17, 15) is 4.79 Å². The fraction of sp³-hybridized carbons (Fsp3) is 0.385. The Morgan fingerprint density at radius 2 is 1.95 bits per heavy atom. The van der Waals surface area contributed by atoms with Gasteiger partial charge in [0.05, 0.1) is 11.5 Å². The lowest BCUT2D eigenvalue weighted by Gasteiger charge is -2.14. The highest BCUT2D eigenvalue weighted by atomic mass is 32.1. The highest BCUT2D eigenvalue weighted by Gasteiger charge is 2.02. The number of hydrogen-bond donors (Lipinski definition) is 2. The van der Waals surface area contributed by atoms with Gasteiger partial charge in [-0.05, 0) is 24.7 Å². The Labute approximate surface area is 118 Å². The zero-order valence-electron chi connectivity index (χ0n) is 11.0. The van der Waals surface area contributed by atoms with Crippen molar-refractivity contribution in [1.29, 1.82) is 0 Å². The maximum atomic E-state index is 10.7. The Hall–Kier alpha value is -1.66. The summed E-state index contributed by atoms with van der Waals surface area (Å²) in [6, 6.07) is 7.62. The van der Waals surface area contributed by atoms with Crippen LogP contribution in [0.1, 0.15) is 5.56 Å². The molecule has 0 saturated heterocycles. The molecule has 0 aliphatic heterocycles. The summed E-state index contributed by atoms with van der Waals surface area (Å²) in [5, 5.41) is 0. The van der Waals surface area contributed by atoms with Crippen LogP contribution in [0.15, 0.2) is 24.3 Å². The second kappa shape index (κ2) is 7.70. The number of thiocarbonyl (C=S) groups is 1. The number of ether oxygens (including phenoxy) is 1. The summed E-state index contributed by atoms with van der Waals surface area (Å²) in [6.07, 6.45) is 0.594. The van der Waals surface area contributed by atoms with Crippen molar-refractivity contribution in [2.24, 2.45) is 11.5 Å². The molecule has 1 aromatic carbocycles. The fourth-order valence-corrected chi connectivity index (χ4v) is 1.74. The maximum absolute atomic E-state index is 10.7. The van der Waals surface area contributed by atoms with Crippen molar-refractivity contribution in [3.8, 4) is 5.75 Å². The Balaban J connectivity index is 2.33. The van der Waals surface area contributed by atoms with Gasteiger partial charge in [0.15, 0.2) is 0 Å². The molecule has 4 N–H and O–H groups in total. The monoisotopic (exact) mass is 281 g/mol. The quantitative estimate of drug-likeness (QED) is 0.670. The lowest BCUT2D eigenvalue weighted by atomic mass is 10.1. The van der Waals surface area contributed by atoms with Crippen LogP contribution in [0.2, 0.25) is 0 Å². The molecule has 6 heteroatoms. The summed E-state index contributed by atoms with van der Waals surface area (Å²) in [5.74, 6) is 0.434. The molecule has 0 saturated carbocycles. The number of benzene rings is 1. The highest BCUT2D eigenvalue weighted by molar-refractivity contribution is 7.80. The molecule has 0 unspecified atom stereocenters. The van der Waals surface area contributed by atoms with Gasteiger partial charge in [-0.2, -0.15) is 0 Å². The molecule has 19 heavy (non-hydrogen) atoms. The van der Waals surface area contributed by atoms with E-state index in [4.69, 9.17) is 28.4 Å². The lowest BCUT2D eigenvalue weighted by molar-refractivity contribution is -0.118. The molecule has 0 atom stereocenters. The number of primary amides is 1. The Morgan fingerprint density at radius 1 is 1.32 bits per heavy atom. The molecular formula is C13H19N3O2S. The number of hydrogen-bond acceptors (Lipinski definition) is 4. The van der Waals surface area contributed by atoms with E-state index in [1.165, 1.54) is 0 Å². The van der Waals surface area contributed by atoms with Gasteiger partial charge in [-0.1, -0.05) is 24.4 Å². The average molecular weight is 281 g/mol. The van der Waals surface area contributed by atoms with Gasteiger partial charge in [0.25, 0.3) is 0 Å². The van der Waals surface area contributed by atoms with Gasteiger partial charge in [-0.25, -0.2) is 0 Å². The van der Waals surface area contributed by atoms with E-state index in [-0.39, 0.29) is 12.5 Å². The third-order valence-electron chi connectivity index (χ3n) is 2.47. The molecule has 0 radical (unpaired) electrons. The molecule has 0 fully saturated rings. The molecule has 0 aliphatic rings. The van der Waals surface area contributed by atoms with Crippen molar-refractivity contribution in [2.45, 2.75) is 6.42 Å². The standard InChI is InChI=1S/C13H19N3O2S/c1-16(9-12(14)17)6-7-18-11-4-2-10(3-5-11)8-13(15)19/h2-5H,6-9H2,1H3,(H2,14,17)(H2,15,19). The number of rotatable bonds is 8. The van der Waals surface area contributed by atoms with E-state index in [1.54, 1.807) is 0 Å². The van der Waals surface area contributed by atoms with Crippen LogP contribution in [0.3, 0.4) is 0 Å². The Bertz CT molecular complexity index is 434. The minimum atomic E-state index is -0.343. The van der Waals surface area contributed by atoms with Crippen molar-refractivity contribution in [3.63, 3.8) is 0 Å². The molecule has 104 valence electrons. The number of nitrogens with two attached hydrogens (primary N) is 2. The normalized spacial score (nSPS) is 10.4. The summed E-state index contributed by atoms with van der Waals surface area (Å²) in [7, 11) is 1.82. The molecule has 0 bridgehead atoms. The van der Waals surface area contributed by atoms with Gasteiger partial charge in [0.2, 0.25) is 5.91 Å². The van der Waals surface area contributed by atoms with Crippen LogP contribution in [0.25, 0.3) is 0 Å². The summed E-state index contributed by atoms with van der Waals surface area (Å²) < 4.78 is 5.56. The Kier molecular flexibility index (Phi) is 6.24. The summed E-state index contributed by atoms with van der Waals surface area (Å²) in [4.78, 5) is 13.0. The topological polar surface area (TPSA) is 81.6 Å². The molecule has 0 heterocycles. The van der Waals surface area contributed by atoms with E-state index in [0.29, 0.717) is 24.6 Å². The van der Waals surface area contributed by atoms with Crippen LogP contribution in [0.4, 0.5) is 0 Å². The predicted molar refractivity (Wildman–Crippen MR) is 79.1 cm³/mol. The zero-order valence-corrected chi connectivity index (χ0v) is 11.8. The molecule has 0 aliphatic carbocycles. The fourth-order valence-electron chi connectivity index (χ4n) is 1.57. The van der Waals surface area contributed by atoms with E-state index in [1.807, 2.05) is 36.2 Å². The van der Waals surface area contributed by atoms with Crippen molar-refractivity contribution in [1.82, 2.24) is 4.90 Å². The molecule has 1 rings (SSSR count). The third kappa shape index (κ3) is 6.73. The number of carbonyl (C=O) groups is 1. The van der Waals surface area contributed by atoms with Crippen molar-refractivity contribution < 1.29 is 9.53 Å². The minimum Gasteiger partial charge on any atom is -0.492 e. The third-order valence-corrected chi connectivity index (χ3v) is 2.61. The molecule has 0 aromatic heterocycles. The largest absolute Gasteiger partial charge is 0.492 e.